The summed E-state index contributed by atoms with van der Waals surface area (Å²) in [5, 5.41) is 7.68. The normalized spacial score (nSPS) is 17.6. The molecule has 16 heteroatoms. The molecule has 2 aromatic heterocycles. The highest BCUT2D eigenvalue weighted by Crippen LogP contribution is 2.31. The van der Waals surface area contributed by atoms with Crippen molar-refractivity contribution in [3.8, 4) is 0 Å². The first-order chi connectivity index (χ1) is 17.3. The van der Waals surface area contributed by atoms with E-state index < -0.39 is 40.8 Å². The number of aromatic nitrogens is 4. The van der Waals surface area contributed by atoms with Gasteiger partial charge in [0.2, 0.25) is 11.9 Å². The van der Waals surface area contributed by atoms with Crippen molar-refractivity contribution in [3.05, 3.63) is 40.1 Å². The lowest BCUT2D eigenvalue weighted by atomic mass is 10.2. The average Bonchev–Trinajstić information content (AvgIpc) is 2.80. The molecule has 1 saturated heterocycles. The molecule has 204 valence electrons. The number of hydrogen-bond donors (Lipinski definition) is 2. The lowest BCUT2D eigenvalue weighted by Crippen LogP contribution is -2.54. The Morgan fingerprint density at radius 2 is 1.84 bits per heavy atom. The highest BCUT2D eigenvalue weighted by atomic mass is 19.4. The zero-order valence-corrected chi connectivity index (χ0v) is 19.9. The Hall–Kier alpha value is -3.43. The molecule has 2 aromatic rings. The first-order valence-electron chi connectivity index (χ1n) is 11.2. The van der Waals surface area contributed by atoms with Crippen LogP contribution in [0.3, 0.4) is 0 Å². The number of piperazine rings is 1. The second kappa shape index (κ2) is 11.3. The molecule has 3 heterocycles. The van der Waals surface area contributed by atoms with Crippen molar-refractivity contribution in [3.63, 3.8) is 0 Å². The van der Waals surface area contributed by atoms with Crippen LogP contribution in [0.2, 0.25) is 0 Å². The van der Waals surface area contributed by atoms with Gasteiger partial charge >= 0.3 is 12.4 Å². The molecule has 1 aliphatic rings. The van der Waals surface area contributed by atoms with Crippen molar-refractivity contribution in [2.75, 3.05) is 43.1 Å². The number of rotatable bonds is 8. The number of hydrogen-bond acceptors (Lipinski definition) is 8. The molecule has 0 bridgehead atoms. The Morgan fingerprint density at radius 3 is 2.43 bits per heavy atom. The van der Waals surface area contributed by atoms with Crippen LogP contribution < -0.4 is 15.8 Å². The Kier molecular flexibility index (Phi) is 8.60. The minimum atomic E-state index is -4.87. The third-order valence-corrected chi connectivity index (χ3v) is 5.57. The highest BCUT2D eigenvalue weighted by Gasteiger charge is 2.37. The molecule has 1 fully saturated rings. The van der Waals surface area contributed by atoms with E-state index in [-0.39, 0.29) is 37.5 Å². The van der Waals surface area contributed by atoms with Crippen LogP contribution in [0.4, 0.5) is 38.0 Å². The third-order valence-electron chi connectivity index (χ3n) is 5.57. The van der Waals surface area contributed by atoms with Gasteiger partial charge in [0.05, 0.1) is 37.1 Å². The van der Waals surface area contributed by atoms with E-state index in [0.29, 0.717) is 32.0 Å². The van der Waals surface area contributed by atoms with Crippen LogP contribution >= 0.6 is 0 Å². The topological polar surface area (TPSA) is 116 Å². The highest BCUT2D eigenvalue weighted by molar-refractivity contribution is 5.77. The first kappa shape index (κ1) is 28.1. The summed E-state index contributed by atoms with van der Waals surface area (Å²) in [5.74, 6) is -0.0692. The van der Waals surface area contributed by atoms with E-state index >= 15 is 0 Å². The zero-order valence-electron chi connectivity index (χ0n) is 19.9. The molecule has 0 saturated carbocycles. The molecule has 0 aromatic carbocycles. The number of H-pyrrole nitrogens is 1. The maximum atomic E-state index is 13.1. The van der Waals surface area contributed by atoms with E-state index in [9.17, 15) is 35.9 Å². The fourth-order valence-corrected chi connectivity index (χ4v) is 3.80. The maximum Gasteiger partial charge on any atom is 0.423 e. The van der Waals surface area contributed by atoms with Crippen molar-refractivity contribution < 1.29 is 35.9 Å². The van der Waals surface area contributed by atoms with Gasteiger partial charge in [-0.1, -0.05) is 0 Å². The minimum absolute atomic E-state index is 0.0134. The van der Waals surface area contributed by atoms with Crippen LogP contribution in [0.1, 0.15) is 31.4 Å². The van der Waals surface area contributed by atoms with E-state index in [2.05, 4.69) is 20.4 Å². The number of halogens is 6. The Morgan fingerprint density at radius 1 is 1.16 bits per heavy atom. The van der Waals surface area contributed by atoms with Crippen molar-refractivity contribution >= 4 is 17.5 Å². The molecule has 2 N–H and O–H groups in total. The van der Waals surface area contributed by atoms with E-state index in [1.165, 1.54) is 0 Å². The Bertz CT molecular complexity index is 1120. The summed E-state index contributed by atoms with van der Waals surface area (Å²) in [6.07, 6.45) is -7.08. The second-order valence-electron chi connectivity index (χ2n) is 8.51. The van der Waals surface area contributed by atoms with Crippen molar-refractivity contribution in [2.45, 2.75) is 44.7 Å². The van der Waals surface area contributed by atoms with Gasteiger partial charge in [0.25, 0.3) is 5.56 Å². The van der Waals surface area contributed by atoms with Gasteiger partial charge in [-0.3, -0.25) is 9.59 Å². The average molecular weight is 537 g/mol. The van der Waals surface area contributed by atoms with Crippen LogP contribution in [0, 0.1) is 0 Å². The van der Waals surface area contributed by atoms with Crippen LogP contribution in [0.5, 0.6) is 0 Å². The summed E-state index contributed by atoms with van der Waals surface area (Å²) in [4.78, 5) is 35.0. The van der Waals surface area contributed by atoms with Crippen molar-refractivity contribution in [2.24, 2.45) is 0 Å². The van der Waals surface area contributed by atoms with E-state index in [0.717, 1.165) is 6.20 Å². The summed E-state index contributed by atoms with van der Waals surface area (Å²) in [6.45, 7) is 4.27. The van der Waals surface area contributed by atoms with E-state index in [1.54, 1.807) is 28.7 Å². The number of anilines is 2. The number of nitrogens with one attached hydrogen (secondary N) is 2. The second-order valence-corrected chi connectivity index (χ2v) is 8.51. The molecule has 0 spiro atoms. The van der Waals surface area contributed by atoms with E-state index in [1.807, 2.05) is 0 Å². The number of carbonyl (C=O) groups is 1. The van der Waals surface area contributed by atoms with E-state index in [4.69, 9.17) is 4.74 Å². The predicted octanol–water partition coefficient (Wildman–Crippen LogP) is 2.54. The third kappa shape index (κ3) is 7.30. The fourth-order valence-electron chi connectivity index (χ4n) is 3.80. The standard InChI is InChI=1S/C21H25F6N7O3/c1-12(31-15-9-30-32-18(36)17(15)21(25,26)27)11-37-6-3-16(35)34-5-4-33(10-13(34)2)19-28-7-14(8-29-19)20(22,23)24/h7-9,12-13H,3-6,10-11H2,1-2H3,(H2,31,32,36). The molecule has 0 radical (unpaired) electrons. The summed E-state index contributed by atoms with van der Waals surface area (Å²) in [7, 11) is 0. The molecule has 1 amide bonds. The van der Waals surface area contributed by atoms with Gasteiger partial charge < -0.3 is 19.9 Å². The molecular formula is C21H25F6N7O3. The number of aromatic amines is 1. The molecule has 10 nitrogen and oxygen atoms in total. The summed E-state index contributed by atoms with van der Waals surface area (Å²) >= 11 is 0. The van der Waals surface area contributed by atoms with Crippen molar-refractivity contribution in [1.29, 1.82) is 0 Å². The molecule has 37 heavy (non-hydrogen) atoms. The number of alkyl halides is 6. The monoisotopic (exact) mass is 537 g/mol. The number of amides is 1. The van der Waals surface area contributed by atoms with Gasteiger partial charge in [0.1, 0.15) is 5.56 Å². The SMILES string of the molecule is CC(COCCC(=O)N1CCN(c2ncc(C(F)(F)F)cn2)CC1C)Nc1cn[nH]c(=O)c1C(F)(F)F. The van der Waals surface area contributed by atoms with Gasteiger partial charge in [-0.05, 0) is 13.8 Å². The summed E-state index contributed by atoms with van der Waals surface area (Å²) < 4.78 is 82.9. The van der Waals surface area contributed by atoms with Crippen LogP contribution in [0.25, 0.3) is 0 Å². The number of nitrogens with zero attached hydrogens (tertiary/aromatic N) is 5. The van der Waals surface area contributed by atoms with Gasteiger partial charge in [-0.15, -0.1) is 0 Å². The van der Waals surface area contributed by atoms with Gasteiger partial charge in [-0.25, -0.2) is 15.1 Å². The van der Waals surface area contributed by atoms with Gasteiger partial charge in [0.15, 0.2) is 0 Å². The largest absolute Gasteiger partial charge is 0.423 e. The zero-order chi connectivity index (χ0) is 27.4. The molecule has 0 aliphatic carbocycles. The maximum absolute atomic E-state index is 13.1. The molecule has 3 rings (SSSR count). The molecule has 2 unspecified atom stereocenters. The quantitative estimate of drug-likeness (QED) is 0.390. The molecule has 2 atom stereocenters. The minimum Gasteiger partial charge on any atom is -0.379 e. The summed E-state index contributed by atoms with van der Waals surface area (Å²) in [6, 6.07) is -0.886. The predicted molar refractivity (Wildman–Crippen MR) is 119 cm³/mol. The lowest BCUT2D eigenvalue weighted by Gasteiger charge is -2.40. The Balaban J connectivity index is 1.44. The fraction of sp³-hybridized carbons (Fsp3) is 0.571. The smallest absolute Gasteiger partial charge is 0.379 e. The van der Waals surface area contributed by atoms with Gasteiger partial charge in [-0.2, -0.15) is 31.4 Å². The van der Waals surface area contributed by atoms with Crippen LogP contribution in [0.15, 0.2) is 23.4 Å². The van der Waals surface area contributed by atoms with Crippen LogP contribution in [-0.2, 0) is 21.9 Å². The number of ether oxygens (including phenoxy) is 1. The lowest BCUT2D eigenvalue weighted by molar-refractivity contribution is -0.139. The summed E-state index contributed by atoms with van der Waals surface area (Å²) in [5.41, 5.74) is -4.18. The van der Waals surface area contributed by atoms with Crippen LogP contribution in [-0.4, -0.2) is 75.9 Å². The Labute approximate surface area is 207 Å². The molecular weight excluding hydrogens is 512 g/mol. The van der Waals surface area contributed by atoms with Crippen molar-refractivity contribution in [1.82, 2.24) is 25.1 Å². The number of carbonyl (C=O) groups excluding carboxylic acids is 1. The first-order valence-corrected chi connectivity index (χ1v) is 11.2. The molecule has 1 aliphatic heterocycles. The van der Waals surface area contributed by atoms with Gasteiger partial charge in [0, 0.05) is 44.1 Å².